The van der Waals surface area contributed by atoms with Gasteiger partial charge in [-0.1, -0.05) is 11.6 Å². The Hall–Kier alpha value is -3.13. The molecule has 0 aliphatic rings. The molecule has 3 rings (SSSR count). The second kappa shape index (κ2) is 6.40. The normalized spacial score (nSPS) is 10.8. The molecular formula is C16H13ClN4O4. The van der Waals surface area contributed by atoms with E-state index in [4.69, 9.17) is 17.3 Å². The van der Waals surface area contributed by atoms with Crippen molar-refractivity contribution in [2.24, 2.45) is 0 Å². The largest absolute Gasteiger partial charge is 0.506 e. The SMILES string of the molecule is COC(=O)c1cc2c(C(=O)Cc3c(O)cncc3Cl)ccc(N)n2n1. The molecule has 0 spiro atoms. The van der Waals surface area contributed by atoms with Gasteiger partial charge in [0.1, 0.15) is 11.6 Å². The first-order valence-corrected chi connectivity index (χ1v) is 7.51. The molecule has 0 saturated carbocycles. The number of hydrogen-bond donors (Lipinski definition) is 2. The fourth-order valence-corrected chi connectivity index (χ4v) is 2.64. The molecule has 9 heteroatoms. The number of carbonyl (C=O) groups is 2. The molecular weight excluding hydrogens is 348 g/mol. The number of esters is 1. The highest BCUT2D eigenvalue weighted by Gasteiger charge is 2.20. The Morgan fingerprint density at radius 3 is 2.80 bits per heavy atom. The third kappa shape index (κ3) is 2.99. The van der Waals surface area contributed by atoms with Crippen LogP contribution >= 0.6 is 11.6 Å². The number of carbonyl (C=O) groups excluding carboxylic acids is 2. The van der Waals surface area contributed by atoms with Crippen LogP contribution < -0.4 is 5.73 Å². The predicted octanol–water partition coefficient (Wildman–Crippen LogP) is 1.88. The number of Topliss-reactive ketones (excluding diaryl/α,β-unsaturated/α-hetero) is 1. The first-order valence-electron chi connectivity index (χ1n) is 7.13. The van der Waals surface area contributed by atoms with E-state index >= 15 is 0 Å². The van der Waals surface area contributed by atoms with Crippen molar-refractivity contribution in [3.63, 3.8) is 0 Å². The number of aromatic hydroxyl groups is 1. The lowest BCUT2D eigenvalue weighted by atomic mass is 10.0. The predicted molar refractivity (Wildman–Crippen MR) is 89.9 cm³/mol. The molecule has 0 saturated heterocycles. The Bertz CT molecular complexity index is 979. The Labute approximate surface area is 146 Å². The van der Waals surface area contributed by atoms with Crippen molar-refractivity contribution in [2.45, 2.75) is 6.42 Å². The van der Waals surface area contributed by atoms with Gasteiger partial charge in [-0.25, -0.2) is 9.31 Å². The summed E-state index contributed by atoms with van der Waals surface area (Å²) in [6, 6.07) is 4.45. The number of ether oxygens (including phenoxy) is 1. The summed E-state index contributed by atoms with van der Waals surface area (Å²) in [6.07, 6.45) is 2.41. The standard InChI is InChI=1S/C16H13ClN4O4/c1-25-16(24)11-5-12-8(2-3-15(18)21(12)20-11)13(22)4-9-10(17)6-19-7-14(9)23/h2-3,5-7,23H,4,18H2,1H3. The summed E-state index contributed by atoms with van der Waals surface area (Å²) < 4.78 is 5.92. The van der Waals surface area contributed by atoms with E-state index in [2.05, 4.69) is 14.8 Å². The van der Waals surface area contributed by atoms with Crippen molar-refractivity contribution in [3.8, 4) is 5.75 Å². The van der Waals surface area contributed by atoms with Crippen molar-refractivity contribution in [1.29, 1.82) is 0 Å². The Kier molecular flexibility index (Phi) is 4.28. The number of nitrogen functional groups attached to an aromatic ring is 1. The lowest BCUT2D eigenvalue weighted by Gasteiger charge is -2.08. The molecule has 3 aromatic rings. The lowest BCUT2D eigenvalue weighted by Crippen LogP contribution is -2.09. The Morgan fingerprint density at radius 2 is 2.12 bits per heavy atom. The molecule has 0 amide bonds. The molecule has 0 radical (unpaired) electrons. The van der Waals surface area contributed by atoms with Gasteiger partial charge in [-0.3, -0.25) is 9.78 Å². The molecule has 3 aromatic heterocycles. The van der Waals surface area contributed by atoms with Crippen LogP contribution in [0.2, 0.25) is 5.02 Å². The highest BCUT2D eigenvalue weighted by molar-refractivity contribution is 6.31. The fraction of sp³-hybridized carbons (Fsp3) is 0.125. The monoisotopic (exact) mass is 360 g/mol. The minimum atomic E-state index is -0.642. The van der Waals surface area contributed by atoms with E-state index in [-0.39, 0.29) is 45.6 Å². The van der Waals surface area contributed by atoms with E-state index in [0.29, 0.717) is 5.52 Å². The van der Waals surface area contributed by atoms with Crippen LogP contribution in [-0.4, -0.2) is 38.6 Å². The summed E-state index contributed by atoms with van der Waals surface area (Å²) >= 11 is 6.00. The van der Waals surface area contributed by atoms with Crippen LogP contribution in [0.25, 0.3) is 5.52 Å². The molecule has 3 heterocycles. The number of methoxy groups -OCH3 is 1. The summed E-state index contributed by atoms with van der Waals surface area (Å²) in [4.78, 5) is 28.1. The van der Waals surface area contributed by atoms with Gasteiger partial charge < -0.3 is 15.6 Å². The lowest BCUT2D eigenvalue weighted by molar-refractivity contribution is 0.0593. The number of ketones is 1. The van der Waals surface area contributed by atoms with E-state index in [9.17, 15) is 14.7 Å². The van der Waals surface area contributed by atoms with Crippen molar-refractivity contribution in [3.05, 3.63) is 52.4 Å². The molecule has 0 aliphatic carbocycles. The first-order chi connectivity index (χ1) is 11.9. The number of hydrogen-bond acceptors (Lipinski definition) is 7. The molecule has 8 nitrogen and oxygen atoms in total. The second-order valence-corrected chi connectivity index (χ2v) is 5.62. The smallest absolute Gasteiger partial charge is 0.358 e. The van der Waals surface area contributed by atoms with Crippen LogP contribution in [0.15, 0.2) is 30.6 Å². The van der Waals surface area contributed by atoms with E-state index in [1.54, 1.807) is 0 Å². The molecule has 0 aromatic carbocycles. The maximum atomic E-state index is 12.7. The highest BCUT2D eigenvalue weighted by atomic mass is 35.5. The number of anilines is 1. The molecule has 0 atom stereocenters. The minimum absolute atomic E-state index is 0.0271. The van der Waals surface area contributed by atoms with Gasteiger partial charge in [-0.15, -0.1) is 0 Å². The summed E-state index contributed by atoms with van der Waals surface area (Å²) in [6.45, 7) is 0. The number of nitrogens with two attached hydrogens (primary N) is 1. The zero-order valence-electron chi connectivity index (χ0n) is 13.1. The van der Waals surface area contributed by atoms with E-state index in [0.717, 1.165) is 0 Å². The summed E-state index contributed by atoms with van der Waals surface area (Å²) in [7, 11) is 1.23. The molecule has 0 aliphatic heterocycles. The maximum Gasteiger partial charge on any atom is 0.358 e. The van der Waals surface area contributed by atoms with Crippen LogP contribution in [0.5, 0.6) is 5.75 Å². The van der Waals surface area contributed by atoms with Crippen molar-refractivity contribution in [2.75, 3.05) is 12.8 Å². The van der Waals surface area contributed by atoms with Gasteiger partial charge >= 0.3 is 5.97 Å². The molecule has 0 fully saturated rings. The van der Waals surface area contributed by atoms with Crippen molar-refractivity contribution in [1.82, 2.24) is 14.6 Å². The van der Waals surface area contributed by atoms with Crippen molar-refractivity contribution < 1.29 is 19.4 Å². The number of pyridine rings is 2. The van der Waals surface area contributed by atoms with Crippen LogP contribution in [-0.2, 0) is 11.2 Å². The van der Waals surface area contributed by atoms with E-state index in [1.807, 2.05) is 0 Å². The Morgan fingerprint density at radius 1 is 1.36 bits per heavy atom. The van der Waals surface area contributed by atoms with E-state index < -0.39 is 5.97 Å². The minimum Gasteiger partial charge on any atom is -0.506 e. The van der Waals surface area contributed by atoms with Crippen LogP contribution in [0.1, 0.15) is 26.4 Å². The fourth-order valence-electron chi connectivity index (χ4n) is 2.42. The van der Waals surface area contributed by atoms with Crippen LogP contribution in [0, 0.1) is 0 Å². The third-order valence-electron chi connectivity index (χ3n) is 3.67. The quantitative estimate of drug-likeness (QED) is 0.538. The zero-order chi connectivity index (χ0) is 18.1. The first kappa shape index (κ1) is 16.7. The molecule has 0 unspecified atom stereocenters. The summed E-state index contributed by atoms with van der Waals surface area (Å²) in [5.41, 5.74) is 6.78. The van der Waals surface area contributed by atoms with E-state index in [1.165, 1.54) is 42.2 Å². The van der Waals surface area contributed by atoms with Gasteiger partial charge in [-0.05, 0) is 18.2 Å². The number of fused-ring (bicyclic) bond motifs is 1. The second-order valence-electron chi connectivity index (χ2n) is 5.21. The van der Waals surface area contributed by atoms with Crippen LogP contribution in [0.3, 0.4) is 0 Å². The average Bonchev–Trinajstić information content (AvgIpc) is 3.04. The molecule has 0 bridgehead atoms. The Balaban J connectivity index is 2.06. The van der Waals surface area contributed by atoms with Crippen LogP contribution in [0.4, 0.5) is 5.82 Å². The van der Waals surface area contributed by atoms with Gasteiger partial charge in [0.2, 0.25) is 0 Å². The number of rotatable bonds is 4. The number of halogens is 1. The average molecular weight is 361 g/mol. The number of aromatic nitrogens is 3. The molecule has 3 N–H and O–H groups in total. The topological polar surface area (TPSA) is 120 Å². The zero-order valence-corrected chi connectivity index (χ0v) is 13.8. The van der Waals surface area contributed by atoms with Gasteiger partial charge in [0, 0.05) is 23.7 Å². The molecule has 128 valence electrons. The third-order valence-corrected chi connectivity index (χ3v) is 3.99. The highest BCUT2D eigenvalue weighted by Crippen LogP contribution is 2.26. The maximum absolute atomic E-state index is 12.7. The molecule has 25 heavy (non-hydrogen) atoms. The van der Waals surface area contributed by atoms with Gasteiger partial charge in [0.15, 0.2) is 11.5 Å². The van der Waals surface area contributed by atoms with Gasteiger partial charge in [-0.2, -0.15) is 5.10 Å². The van der Waals surface area contributed by atoms with Crippen molar-refractivity contribution >= 4 is 34.7 Å². The van der Waals surface area contributed by atoms with Gasteiger partial charge in [0.05, 0.1) is 23.8 Å². The number of nitrogens with zero attached hydrogens (tertiary/aromatic N) is 3. The van der Waals surface area contributed by atoms with Gasteiger partial charge in [0.25, 0.3) is 0 Å². The summed E-state index contributed by atoms with van der Waals surface area (Å²) in [5.74, 6) is -0.886. The summed E-state index contributed by atoms with van der Waals surface area (Å²) in [5, 5.41) is 14.1.